The highest BCUT2D eigenvalue weighted by Crippen LogP contribution is 2.27. The van der Waals surface area contributed by atoms with Gasteiger partial charge >= 0.3 is 0 Å². The molecule has 1 heterocycles. The summed E-state index contributed by atoms with van der Waals surface area (Å²) in [5.41, 5.74) is 3.99. The summed E-state index contributed by atoms with van der Waals surface area (Å²) in [5.74, 6) is 0.139. The van der Waals surface area contributed by atoms with E-state index in [1.807, 2.05) is 18.2 Å². The average molecular weight is 701 g/mol. The van der Waals surface area contributed by atoms with Gasteiger partial charge in [-0.2, -0.15) is 0 Å². The van der Waals surface area contributed by atoms with Gasteiger partial charge in [-0.1, -0.05) is 109 Å². The van der Waals surface area contributed by atoms with Crippen molar-refractivity contribution in [3.05, 3.63) is 106 Å². The molecular formula is C34H42ClIN4O2. The molecule has 2 amide bonds. The lowest BCUT2D eigenvalue weighted by atomic mass is 9.90. The van der Waals surface area contributed by atoms with Crippen LogP contribution in [0.2, 0.25) is 5.02 Å². The molecule has 42 heavy (non-hydrogen) atoms. The van der Waals surface area contributed by atoms with Crippen LogP contribution in [0.3, 0.4) is 0 Å². The minimum atomic E-state index is -0.283. The first-order chi connectivity index (χ1) is 20.4. The van der Waals surface area contributed by atoms with Crippen LogP contribution in [-0.4, -0.2) is 61.0 Å². The van der Waals surface area contributed by atoms with Crippen molar-refractivity contribution in [3.8, 4) is 0 Å². The number of alkyl halides is 1. The molecule has 0 bridgehead atoms. The Hall–Kier alpha value is -2.46. The Morgan fingerprint density at radius 2 is 1.67 bits per heavy atom. The molecule has 3 N–H and O–H groups in total. The Balaban J connectivity index is 1.45. The largest absolute Gasteiger partial charge is 0.352 e. The van der Waals surface area contributed by atoms with E-state index in [0.717, 1.165) is 29.4 Å². The number of nitrogens with zero attached hydrogens (tertiary/aromatic N) is 1. The predicted molar refractivity (Wildman–Crippen MR) is 181 cm³/mol. The van der Waals surface area contributed by atoms with Crippen molar-refractivity contribution in [1.29, 1.82) is 0 Å². The smallest absolute Gasteiger partial charge is 0.251 e. The van der Waals surface area contributed by atoms with Gasteiger partial charge < -0.3 is 20.9 Å². The Morgan fingerprint density at radius 1 is 1.00 bits per heavy atom. The molecule has 0 unspecified atom stereocenters. The SMILES string of the molecule is CC(C)NCC[C@@H]1N[C@H](CCNC(=O)c2ccc(Cl)c(CI)c2)CCN(CC(c2ccccc2)c2ccccc2)C1=O. The Bertz CT molecular complexity index is 1250. The number of hydrogen-bond acceptors (Lipinski definition) is 4. The standard InChI is InChI=1S/C34H42ClIN4O2/c1-24(2)37-19-16-32-34(42)40(23-30(25-9-5-3-6-10-25)26-11-7-4-8-12-26)20-17-29(39-32)15-18-38-33(41)27-13-14-31(35)28(21-27)22-36/h3-14,21,24,29-30,32,37,39H,15-20,22-23H2,1-2H3,(H,38,41)/t29-,32+/m1/s1. The molecule has 0 spiro atoms. The number of benzene rings is 3. The molecule has 224 valence electrons. The Labute approximate surface area is 269 Å². The summed E-state index contributed by atoms with van der Waals surface area (Å²) >= 11 is 8.48. The van der Waals surface area contributed by atoms with Crippen molar-refractivity contribution in [2.45, 2.75) is 61.6 Å². The number of rotatable bonds is 13. The van der Waals surface area contributed by atoms with Crippen LogP contribution in [0.25, 0.3) is 0 Å². The van der Waals surface area contributed by atoms with E-state index in [-0.39, 0.29) is 29.8 Å². The Morgan fingerprint density at radius 3 is 2.29 bits per heavy atom. The highest BCUT2D eigenvalue weighted by molar-refractivity contribution is 14.1. The topological polar surface area (TPSA) is 73.5 Å². The second-order valence-electron chi connectivity index (χ2n) is 11.2. The molecule has 3 aromatic rings. The van der Waals surface area contributed by atoms with Gasteiger partial charge in [0.15, 0.2) is 0 Å². The maximum atomic E-state index is 14.0. The summed E-state index contributed by atoms with van der Waals surface area (Å²) in [6.45, 7) is 6.82. The molecule has 4 rings (SSSR count). The minimum absolute atomic E-state index is 0.0911. The molecule has 0 radical (unpaired) electrons. The van der Waals surface area contributed by atoms with Crippen LogP contribution in [0.4, 0.5) is 0 Å². The van der Waals surface area contributed by atoms with Crippen molar-refractivity contribution in [3.63, 3.8) is 0 Å². The monoisotopic (exact) mass is 700 g/mol. The summed E-state index contributed by atoms with van der Waals surface area (Å²) in [5, 5.41) is 10.9. The van der Waals surface area contributed by atoms with Crippen LogP contribution in [0.1, 0.15) is 66.1 Å². The molecule has 1 aliphatic heterocycles. The van der Waals surface area contributed by atoms with E-state index in [4.69, 9.17) is 11.6 Å². The summed E-state index contributed by atoms with van der Waals surface area (Å²) in [6, 6.07) is 26.5. The lowest BCUT2D eigenvalue weighted by Crippen LogP contribution is -2.48. The highest BCUT2D eigenvalue weighted by Gasteiger charge is 2.32. The van der Waals surface area contributed by atoms with E-state index in [9.17, 15) is 9.59 Å². The zero-order valence-electron chi connectivity index (χ0n) is 24.5. The summed E-state index contributed by atoms with van der Waals surface area (Å²) in [6.07, 6.45) is 2.28. The summed E-state index contributed by atoms with van der Waals surface area (Å²) in [7, 11) is 0. The molecule has 0 saturated carbocycles. The maximum absolute atomic E-state index is 14.0. The summed E-state index contributed by atoms with van der Waals surface area (Å²) < 4.78 is 0.747. The van der Waals surface area contributed by atoms with Gasteiger partial charge in [0.2, 0.25) is 5.91 Å². The van der Waals surface area contributed by atoms with Crippen molar-refractivity contribution in [2.75, 3.05) is 26.2 Å². The van der Waals surface area contributed by atoms with Gasteiger partial charge in [-0.05, 0) is 60.7 Å². The zero-order chi connectivity index (χ0) is 29.9. The molecule has 1 aliphatic rings. The van der Waals surface area contributed by atoms with E-state index in [1.165, 1.54) is 11.1 Å². The number of carbonyl (C=O) groups is 2. The van der Waals surface area contributed by atoms with E-state index in [0.29, 0.717) is 42.7 Å². The lowest BCUT2D eigenvalue weighted by molar-refractivity contribution is -0.133. The molecule has 3 aromatic carbocycles. The van der Waals surface area contributed by atoms with E-state index in [1.54, 1.807) is 12.1 Å². The first-order valence-electron chi connectivity index (χ1n) is 14.9. The van der Waals surface area contributed by atoms with Crippen LogP contribution in [0, 0.1) is 0 Å². The molecule has 1 fully saturated rings. The first-order valence-corrected chi connectivity index (χ1v) is 16.8. The van der Waals surface area contributed by atoms with Gasteiger partial charge in [0, 0.05) is 52.6 Å². The van der Waals surface area contributed by atoms with Crippen LogP contribution in [-0.2, 0) is 9.22 Å². The number of nitrogens with one attached hydrogen (secondary N) is 3. The van der Waals surface area contributed by atoms with E-state index >= 15 is 0 Å². The van der Waals surface area contributed by atoms with Crippen LogP contribution >= 0.6 is 34.2 Å². The number of hydrogen-bond donors (Lipinski definition) is 3. The molecule has 8 heteroatoms. The Kier molecular flexibility index (Phi) is 12.7. The highest BCUT2D eigenvalue weighted by atomic mass is 127. The van der Waals surface area contributed by atoms with Gasteiger partial charge in [0.1, 0.15) is 0 Å². The number of halogens is 2. The van der Waals surface area contributed by atoms with Gasteiger partial charge in [0.25, 0.3) is 5.91 Å². The molecular weight excluding hydrogens is 659 g/mol. The second-order valence-corrected chi connectivity index (χ2v) is 12.4. The number of amides is 2. The van der Waals surface area contributed by atoms with Gasteiger partial charge in [0.05, 0.1) is 6.04 Å². The fourth-order valence-electron chi connectivity index (χ4n) is 5.49. The van der Waals surface area contributed by atoms with Crippen molar-refractivity contribution in [1.82, 2.24) is 20.9 Å². The second kappa shape index (κ2) is 16.4. The third-order valence-corrected chi connectivity index (χ3v) is 9.01. The normalized spacial score (nSPS) is 17.5. The number of carbonyl (C=O) groups excluding carboxylic acids is 2. The predicted octanol–water partition coefficient (Wildman–Crippen LogP) is 6.17. The average Bonchev–Trinajstić information content (AvgIpc) is 3.14. The van der Waals surface area contributed by atoms with Gasteiger partial charge in [-0.3, -0.25) is 9.59 Å². The molecule has 6 nitrogen and oxygen atoms in total. The fourth-order valence-corrected chi connectivity index (χ4v) is 6.53. The lowest BCUT2D eigenvalue weighted by Gasteiger charge is -2.29. The van der Waals surface area contributed by atoms with Crippen LogP contribution in [0.5, 0.6) is 0 Å². The zero-order valence-corrected chi connectivity index (χ0v) is 27.4. The maximum Gasteiger partial charge on any atom is 0.251 e. The van der Waals surface area contributed by atoms with E-state index < -0.39 is 0 Å². The molecule has 0 aromatic heterocycles. The fraction of sp³-hybridized carbons (Fsp3) is 0.412. The third kappa shape index (κ3) is 9.27. The molecule has 2 atom stereocenters. The van der Waals surface area contributed by atoms with Crippen LogP contribution in [0.15, 0.2) is 78.9 Å². The first kappa shape index (κ1) is 32.5. The van der Waals surface area contributed by atoms with Gasteiger partial charge in [-0.15, -0.1) is 0 Å². The van der Waals surface area contributed by atoms with Crippen molar-refractivity contribution < 1.29 is 9.59 Å². The van der Waals surface area contributed by atoms with Crippen molar-refractivity contribution in [2.24, 2.45) is 0 Å². The van der Waals surface area contributed by atoms with Crippen LogP contribution < -0.4 is 16.0 Å². The summed E-state index contributed by atoms with van der Waals surface area (Å²) in [4.78, 5) is 28.9. The third-order valence-electron chi connectivity index (χ3n) is 7.82. The van der Waals surface area contributed by atoms with E-state index in [2.05, 4.69) is 106 Å². The molecule has 0 aliphatic carbocycles. The minimum Gasteiger partial charge on any atom is -0.352 e. The van der Waals surface area contributed by atoms with Gasteiger partial charge in [-0.25, -0.2) is 0 Å². The van der Waals surface area contributed by atoms with Crippen molar-refractivity contribution >= 4 is 46.0 Å². The molecule has 1 saturated heterocycles. The quantitative estimate of drug-likeness (QED) is 0.147.